The number of rotatable bonds is 5. The molecule has 2 amide bonds. The van der Waals surface area contributed by atoms with Crippen LogP contribution in [-0.2, 0) is 9.84 Å². The van der Waals surface area contributed by atoms with Crippen LogP contribution in [0.2, 0.25) is 0 Å². The molecule has 1 heterocycles. The molecule has 0 radical (unpaired) electrons. The van der Waals surface area contributed by atoms with E-state index in [2.05, 4.69) is 0 Å². The first-order chi connectivity index (χ1) is 9.42. The maximum Gasteiger partial charge on any atom is 0.261 e. The summed E-state index contributed by atoms with van der Waals surface area (Å²) in [6, 6.07) is 6.43. The molecule has 0 saturated heterocycles. The standard InChI is InChI=1S/C13H14ClNO4S/c1-2-20(18,19)9(7-14)8-15-12(16)10-5-3-4-6-11(10)13(15)17/h3-6,9H,2,7-8H2,1H3. The number of halogens is 1. The Hall–Kier alpha value is -1.40. The van der Waals surface area contributed by atoms with Crippen LogP contribution >= 0.6 is 11.6 Å². The molecule has 7 heteroatoms. The SMILES string of the molecule is CCS(=O)(=O)C(CCl)CN1C(=O)c2ccccc2C1=O. The summed E-state index contributed by atoms with van der Waals surface area (Å²) in [6.07, 6.45) is 0. The first kappa shape index (κ1) is 15.0. The van der Waals surface area contributed by atoms with Gasteiger partial charge in [0.15, 0.2) is 9.84 Å². The van der Waals surface area contributed by atoms with Crippen molar-refractivity contribution in [1.29, 1.82) is 0 Å². The monoisotopic (exact) mass is 315 g/mol. The number of carbonyl (C=O) groups is 2. The van der Waals surface area contributed by atoms with Gasteiger partial charge in [0.2, 0.25) is 0 Å². The number of hydrogen-bond acceptors (Lipinski definition) is 4. The fourth-order valence-corrected chi connectivity index (χ4v) is 3.82. The third kappa shape index (κ3) is 2.45. The number of nitrogens with zero attached hydrogens (tertiary/aromatic N) is 1. The van der Waals surface area contributed by atoms with Crippen LogP contribution in [0.25, 0.3) is 0 Å². The lowest BCUT2D eigenvalue weighted by Crippen LogP contribution is -2.41. The number of fused-ring (bicyclic) bond motifs is 1. The number of carbonyl (C=O) groups excluding carboxylic acids is 2. The van der Waals surface area contributed by atoms with Gasteiger partial charge in [-0.3, -0.25) is 14.5 Å². The molecule has 1 aliphatic rings. The molecule has 1 atom stereocenters. The Bertz CT molecular complexity index is 621. The molecule has 108 valence electrons. The van der Waals surface area contributed by atoms with Crippen molar-refractivity contribution >= 4 is 33.3 Å². The first-order valence-corrected chi connectivity index (χ1v) is 8.40. The second-order valence-corrected chi connectivity index (χ2v) is 7.37. The first-order valence-electron chi connectivity index (χ1n) is 6.15. The Morgan fingerprint density at radius 2 is 1.65 bits per heavy atom. The smallest absolute Gasteiger partial charge is 0.261 e. The minimum absolute atomic E-state index is 0.0758. The zero-order valence-electron chi connectivity index (χ0n) is 10.9. The summed E-state index contributed by atoms with van der Waals surface area (Å²) < 4.78 is 23.7. The molecule has 0 aliphatic carbocycles. The lowest BCUT2D eigenvalue weighted by Gasteiger charge is -2.20. The third-order valence-electron chi connectivity index (χ3n) is 3.35. The van der Waals surface area contributed by atoms with Crippen LogP contribution in [0.5, 0.6) is 0 Å². The van der Waals surface area contributed by atoms with Gasteiger partial charge in [-0.05, 0) is 12.1 Å². The highest BCUT2D eigenvalue weighted by Crippen LogP contribution is 2.23. The van der Waals surface area contributed by atoms with Crippen molar-refractivity contribution in [3.05, 3.63) is 35.4 Å². The number of benzene rings is 1. The molecule has 1 aromatic carbocycles. The van der Waals surface area contributed by atoms with E-state index < -0.39 is 26.9 Å². The van der Waals surface area contributed by atoms with E-state index in [9.17, 15) is 18.0 Å². The zero-order valence-corrected chi connectivity index (χ0v) is 12.4. The number of alkyl halides is 1. The second-order valence-electron chi connectivity index (χ2n) is 4.49. The van der Waals surface area contributed by atoms with Crippen LogP contribution in [0.3, 0.4) is 0 Å². The number of amides is 2. The maximum atomic E-state index is 12.1. The fraction of sp³-hybridized carbons (Fsp3) is 0.385. The molecule has 0 fully saturated rings. The van der Waals surface area contributed by atoms with Crippen LogP contribution < -0.4 is 0 Å². The molecule has 0 spiro atoms. The van der Waals surface area contributed by atoms with Gasteiger partial charge in [0.25, 0.3) is 11.8 Å². The molecular formula is C13H14ClNO4S. The highest BCUT2D eigenvalue weighted by molar-refractivity contribution is 7.92. The normalized spacial score (nSPS) is 16.4. The minimum Gasteiger partial charge on any atom is -0.273 e. The van der Waals surface area contributed by atoms with Crippen molar-refractivity contribution in [2.75, 3.05) is 18.2 Å². The summed E-state index contributed by atoms with van der Waals surface area (Å²) in [5.74, 6) is -1.16. The molecule has 0 aromatic heterocycles. The van der Waals surface area contributed by atoms with E-state index >= 15 is 0 Å². The predicted molar refractivity (Wildman–Crippen MR) is 75.8 cm³/mol. The fourth-order valence-electron chi connectivity index (χ4n) is 2.10. The van der Waals surface area contributed by atoms with E-state index in [0.29, 0.717) is 11.1 Å². The van der Waals surface area contributed by atoms with Crippen molar-refractivity contribution in [3.8, 4) is 0 Å². The molecule has 1 aromatic rings. The van der Waals surface area contributed by atoms with Gasteiger partial charge in [-0.2, -0.15) is 0 Å². The number of hydrogen-bond donors (Lipinski definition) is 0. The van der Waals surface area contributed by atoms with Crippen LogP contribution in [-0.4, -0.2) is 48.6 Å². The number of sulfone groups is 1. The van der Waals surface area contributed by atoms with Gasteiger partial charge in [-0.15, -0.1) is 11.6 Å². The van der Waals surface area contributed by atoms with Crippen molar-refractivity contribution in [2.45, 2.75) is 12.2 Å². The lowest BCUT2D eigenvalue weighted by molar-refractivity contribution is 0.0656. The molecule has 2 rings (SSSR count). The Labute approximate surface area is 122 Å². The van der Waals surface area contributed by atoms with Crippen molar-refractivity contribution in [1.82, 2.24) is 4.90 Å². The van der Waals surface area contributed by atoms with E-state index in [1.165, 1.54) is 6.92 Å². The van der Waals surface area contributed by atoms with Crippen LogP contribution in [0.4, 0.5) is 0 Å². The van der Waals surface area contributed by atoms with Gasteiger partial charge in [-0.1, -0.05) is 19.1 Å². The summed E-state index contributed by atoms with van der Waals surface area (Å²) in [5.41, 5.74) is 0.611. The van der Waals surface area contributed by atoms with Crippen LogP contribution in [0, 0.1) is 0 Å². The largest absolute Gasteiger partial charge is 0.273 e. The summed E-state index contributed by atoms with van der Waals surface area (Å²) in [4.78, 5) is 25.2. The average molecular weight is 316 g/mol. The van der Waals surface area contributed by atoms with E-state index in [4.69, 9.17) is 11.6 Å². The Kier molecular flexibility index (Phi) is 4.15. The van der Waals surface area contributed by atoms with Gasteiger partial charge in [0.05, 0.1) is 16.4 Å². The van der Waals surface area contributed by atoms with Crippen molar-refractivity contribution in [3.63, 3.8) is 0 Å². The van der Waals surface area contributed by atoms with Crippen LogP contribution in [0.1, 0.15) is 27.6 Å². The minimum atomic E-state index is -3.41. The lowest BCUT2D eigenvalue weighted by atomic mass is 10.1. The summed E-state index contributed by atoms with van der Waals surface area (Å²) in [6.45, 7) is 1.31. The summed E-state index contributed by atoms with van der Waals surface area (Å²) in [5, 5.41) is -0.934. The molecule has 1 aliphatic heterocycles. The molecule has 0 saturated carbocycles. The van der Waals surface area contributed by atoms with Crippen LogP contribution in [0.15, 0.2) is 24.3 Å². The van der Waals surface area contributed by atoms with Gasteiger partial charge < -0.3 is 0 Å². The Morgan fingerprint density at radius 3 is 2.05 bits per heavy atom. The second kappa shape index (κ2) is 5.54. The molecule has 20 heavy (non-hydrogen) atoms. The zero-order chi connectivity index (χ0) is 14.9. The molecular weight excluding hydrogens is 302 g/mol. The molecule has 5 nitrogen and oxygen atoms in total. The third-order valence-corrected chi connectivity index (χ3v) is 6.04. The van der Waals surface area contributed by atoms with Gasteiger partial charge in [0.1, 0.15) is 0 Å². The summed E-state index contributed by atoms with van der Waals surface area (Å²) in [7, 11) is -3.41. The van der Waals surface area contributed by atoms with Gasteiger partial charge in [0, 0.05) is 18.2 Å². The van der Waals surface area contributed by atoms with Gasteiger partial charge >= 0.3 is 0 Å². The van der Waals surface area contributed by atoms with E-state index in [1.807, 2.05) is 0 Å². The van der Waals surface area contributed by atoms with E-state index in [0.717, 1.165) is 4.90 Å². The number of imide groups is 1. The molecule has 0 N–H and O–H groups in total. The summed E-state index contributed by atoms with van der Waals surface area (Å²) >= 11 is 5.69. The highest BCUT2D eigenvalue weighted by atomic mass is 35.5. The molecule has 1 unspecified atom stereocenters. The quantitative estimate of drug-likeness (QED) is 0.607. The van der Waals surface area contributed by atoms with E-state index in [-0.39, 0.29) is 18.2 Å². The topological polar surface area (TPSA) is 71.5 Å². The van der Waals surface area contributed by atoms with Gasteiger partial charge in [-0.25, -0.2) is 8.42 Å². The Morgan fingerprint density at radius 1 is 1.15 bits per heavy atom. The molecule has 0 bridgehead atoms. The average Bonchev–Trinajstić information content (AvgIpc) is 2.69. The highest BCUT2D eigenvalue weighted by Gasteiger charge is 2.38. The van der Waals surface area contributed by atoms with E-state index in [1.54, 1.807) is 24.3 Å². The van der Waals surface area contributed by atoms with Crippen molar-refractivity contribution in [2.24, 2.45) is 0 Å². The predicted octanol–water partition coefficient (Wildman–Crippen LogP) is 1.32. The maximum absolute atomic E-state index is 12.1. The Balaban J connectivity index is 2.29. The van der Waals surface area contributed by atoms with Crippen molar-refractivity contribution < 1.29 is 18.0 Å².